The molecule has 2 aromatic rings. The highest BCUT2D eigenvalue weighted by Crippen LogP contribution is 2.57. The summed E-state index contributed by atoms with van der Waals surface area (Å²) in [7, 11) is 0.912. The van der Waals surface area contributed by atoms with Crippen molar-refractivity contribution in [3.8, 4) is 5.69 Å². The van der Waals surface area contributed by atoms with Gasteiger partial charge in [0.25, 0.3) is 5.91 Å². The maximum atomic E-state index is 14.3. The van der Waals surface area contributed by atoms with Crippen molar-refractivity contribution in [2.45, 2.75) is 37.4 Å². The second-order valence-electron chi connectivity index (χ2n) is 7.39. The van der Waals surface area contributed by atoms with Gasteiger partial charge in [-0.25, -0.2) is 18.3 Å². The molecule has 1 heterocycles. The standard InChI is InChI=1S/C19H16F5N3O3/c1-30-18(29)13(7-19(22,23)24)25-17(28)15-11-5-8-4-10(8)16(11)27(26-15)14-3-2-9(20)6-12(14)21/h2-3,6,8,10,13H,4-5,7H2,1H3,(H,25,28)/t8-,10-,13?/m1/s1. The van der Waals surface area contributed by atoms with Crippen molar-refractivity contribution in [2.75, 3.05) is 7.11 Å². The van der Waals surface area contributed by atoms with E-state index in [1.165, 1.54) is 10.7 Å². The fraction of sp³-hybridized carbons (Fsp3) is 0.421. The van der Waals surface area contributed by atoms with Gasteiger partial charge in [-0.3, -0.25) is 4.79 Å². The lowest BCUT2D eigenvalue weighted by atomic mass is 10.1. The SMILES string of the molecule is COC(=O)C(CC(F)(F)F)NC(=O)c1nn(-c2ccc(F)cc2F)c2c1C[C@H]1C[C@@H]21. The minimum atomic E-state index is -4.72. The van der Waals surface area contributed by atoms with E-state index in [0.29, 0.717) is 23.7 Å². The number of alkyl halides is 3. The Bertz CT molecular complexity index is 1030. The van der Waals surface area contributed by atoms with Crippen LogP contribution >= 0.6 is 0 Å². The number of hydrogen-bond acceptors (Lipinski definition) is 4. The van der Waals surface area contributed by atoms with Gasteiger partial charge in [0.1, 0.15) is 17.5 Å². The van der Waals surface area contributed by atoms with Crippen molar-refractivity contribution in [1.29, 1.82) is 0 Å². The average Bonchev–Trinajstić information content (AvgIpc) is 3.15. The summed E-state index contributed by atoms with van der Waals surface area (Å²) in [5, 5.41) is 6.14. The van der Waals surface area contributed by atoms with Gasteiger partial charge in [0.05, 0.1) is 19.2 Å². The minimum absolute atomic E-state index is 0.0464. The van der Waals surface area contributed by atoms with Crippen LogP contribution in [-0.4, -0.2) is 41.0 Å². The van der Waals surface area contributed by atoms with E-state index in [1.807, 2.05) is 5.32 Å². The molecule has 1 saturated carbocycles. The molecule has 0 spiro atoms. The fourth-order valence-electron chi connectivity index (χ4n) is 3.93. The predicted octanol–water partition coefficient (Wildman–Crippen LogP) is 3.03. The molecule has 11 heteroatoms. The highest BCUT2D eigenvalue weighted by atomic mass is 19.4. The van der Waals surface area contributed by atoms with E-state index in [0.717, 1.165) is 19.6 Å². The number of nitrogens with zero attached hydrogens (tertiary/aromatic N) is 2. The summed E-state index contributed by atoms with van der Waals surface area (Å²) in [6, 6.07) is 0.958. The van der Waals surface area contributed by atoms with Crippen LogP contribution in [-0.2, 0) is 16.0 Å². The molecule has 1 N–H and O–H groups in total. The van der Waals surface area contributed by atoms with Gasteiger partial charge in [-0.05, 0) is 30.9 Å². The lowest BCUT2D eigenvalue weighted by Crippen LogP contribution is -2.44. The number of halogens is 5. The Morgan fingerprint density at radius 3 is 2.70 bits per heavy atom. The van der Waals surface area contributed by atoms with Crippen LogP contribution in [0.1, 0.15) is 40.5 Å². The molecule has 0 aliphatic heterocycles. The lowest BCUT2D eigenvalue weighted by molar-refractivity contribution is -0.160. The van der Waals surface area contributed by atoms with Gasteiger partial charge < -0.3 is 10.1 Å². The third kappa shape index (κ3) is 3.63. The van der Waals surface area contributed by atoms with Crippen molar-refractivity contribution < 1.29 is 36.3 Å². The summed E-state index contributed by atoms with van der Waals surface area (Å²) in [6.45, 7) is 0. The molecule has 6 nitrogen and oxygen atoms in total. The first kappa shape index (κ1) is 20.3. The molecule has 0 bridgehead atoms. The first-order valence-electron chi connectivity index (χ1n) is 9.11. The van der Waals surface area contributed by atoms with Gasteiger partial charge in [0, 0.05) is 17.5 Å². The van der Waals surface area contributed by atoms with Gasteiger partial charge in [-0.15, -0.1) is 0 Å². The predicted molar refractivity (Wildman–Crippen MR) is 92.0 cm³/mol. The molecule has 30 heavy (non-hydrogen) atoms. The van der Waals surface area contributed by atoms with Gasteiger partial charge in [-0.1, -0.05) is 0 Å². The van der Waals surface area contributed by atoms with E-state index < -0.39 is 42.1 Å². The summed E-state index contributed by atoms with van der Waals surface area (Å²) in [5.41, 5.74) is 0.824. The Kier molecular flexibility index (Phi) is 4.78. The number of amides is 1. The zero-order chi connectivity index (χ0) is 21.8. The van der Waals surface area contributed by atoms with E-state index in [1.54, 1.807) is 0 Å². The summed E-state index contributed by atoms with van der Waals surface area (Å²) in [4.78, 5) is 24.4. The van der Waals surface area contributed by atoms with Crippen LogP contribution in [0, 0.1) is 17.6 Å². The number of rotatable bonds is 5. The topological polar surface area (TPSA) is 73.2 Å². The van der Waals surface area contributed by atoms with E-state index in [2.05, 4.69) is 9.84 Å². The van der Waals surface area contributed by atoms with Gasteiger partial charge in [0.2, 0.25) is 0 Å². The van der Waals surface area contributed by atoms with Crippen LogP contribution in [0.3, 0.4) is 0 Å². The molecule has 1 fully saturated rings. The molecule has 0 saturated heterocycles. The number of esters is 1. The number of carbonyl (C=O) groups excluding carboxylic acids is 2. The molecule has 1 aromatic carbocycles. The van der Waals surface area contributed by atoms with Crippen LogP contribution in [0.2, 0.25) is 0 Å². The maximum absolute atomic E-state index is 14.3. The number of fused-ring (bicyclic) bond motifs is 3. The highest BCUT2D eigenvalue weighted by Gasteiger charge is 2.50. The highest BCUT2D eigenvalue weighted by molar-refractivity contribution is 5.97. The Morgan fingerprint density at radius 2 is 2.07 bits per heavy atom. The third-order valence-corrected chi connectivity index (χ3v) is 5.34. The Balaban J connectivity index is 1.69. The Labute approximate surface area is 167 Å². The zero-order valence-electron chi connectivity index (χ0n) is 15.6. The zero-order valence-corrected chi connectivity index (χ0v) is 15.6. The maximum Gasteiger partial charge on any atom is 0.391 e. The quantitative estimate of drug-likeness (QED) is 0.586. The summed E-state index contributed by atoms with van der Waals surface area (Å²) in [5.74, 6) is -3.62. The molecule has 1 aromatic heterocycles. The van der Waals surface area contributed by atoms with E-state index in [9.17, 15) is 31.5 Å². The lowest BCUT2D eigenvalue weighted by Gasteiger charge is -2.17. The van der Waals surface area contributed by atoms with Crippen molar-refractivity contribution in [3.63, 3.8) is 0 Å². The summed E-state index contributed by atoms with van der Waals surface area (Å²) >= 11 is 0. The molecule has 3 atom stereocenters. The van der Waals surface area contributed by atoms with Gasteiger partial charge in [0.15, 0.2) is 11.5 Å². The van der Waals surface area contributed by atoms with Gasteiger partial charge in [-0.2, -0.15) is 18.3 Å². The second kappa shape index (κ2) is 7.06. The number of hydrogen-bond donors (Lipinski definition) is 1. The Hall–Kier alpha value is -2.98. The molecular formula is C19H16F5N3O3. The second-order valence-corrected chi connectivity index (χ2v) is 7.39. The van der Waals surface area contributed by atoms with Crippen LogP contribution in [0.4, 0.5) is 22.0 Å². The van der Waals surface area contributed by atoms with E-state index >= 15 is 0 Å². The molecule has 1 amide bonds. The summed E-state index contributed by atoms with van der Waals surface area (Å²) in [6.07, 6.45) is -5.03. The molecular weight excluding hydrogens is 413 g/mol. The number of methoxy groups -OCH3 is 1. The smallest absolute Gasteiger partial charge is 0.391 e. The van der Waals surface area contributed by atoms with Gasteiger partial charge >= 0.3 is 12.1 Å². The summed E-state index contributed by atoms with van der Waals surface area (Å²) < 4.78 is 71.5. The van der Waals surface area contributed by atoms with Crippen LogP contribution in [0.5, 0.6) is 0 Å². The fourth-order valence-corrected chi connectivity index (χ4v) is 3.93. The number of nitrogens with one attached hydrogen (secondary N) is 1. The molecule has 160 valence electrons. The number of aromatic nitrogens is 2. The first-order valence-corrected chi connectivity index (χ1v) is 9.11. The number of benzene rings is 1. The molecule has 4 rings (SSSR count). The molecule has 0 radical (unpaired) electrons. The van der Waals surface area contributed by atoms with Crippen LogP contribution in [0.15, 0.2) is 18.2 Å². The minimum Gasteiger partial charge on any atom is -0.467 e. The van der Waals surface area contributed by atoms with E-state index in [-0.39, 0.29) is 23.2 Å². The van der Waals surface area contributed by atoms with Crippen molar-refractivity contribution in [2.24, 2.45) is 5.92 Å². The molecule has 2 aliphatic carbocycles. The van der Waals surface area contributed by atoms with E-state index in [4.69, 9.17) is 0 Å². The average molecular weight is 429 g/mol. The monoisotopic (exact) mass is 429 g/mol. The molecule has 1 unspecified atom stereocenters. The van der Waals surface area contributed by atoms with Crippen LogP contribution < -0.4 is 5.32 Å². The normalized spacial score (nSPS) is 20.3. The first-order chi connectivity index (χ1) is 14.1. The van der Waals surface area contributed by atoms with Crippen LogP contribution in [0.25, 0.3) is 5.69 Å². The van der Waals surface area contributed by atoms with Crippen molar-refractivity contribution >= 4 is 11.9 Å². The largest absolute Gasteiger partial charge is 0.467 e. The Morgan fingerprint density at radius 1 is 1.33 bits per heavy atom. The number of ether oxygens (including phenoxy) is 1. The molecule has 2 aliphatic rings. The van der Waals surface area contributed by atoms with Crippen molar-refractivity contribution in [1.82, 2.24) is 15.1 Å². The number of carbonyl (C=O) groups is 2. The third-order valence-electron chi connectivity index (χ3n) is 5.34. The van der Waals surface area contributed by atoms with Crippen molar-refractivity contribution in [3.05, 3.63) is 46.8 Å².